The van der Waals surface area contributed by atoms with Crippen LogP contribution in [0.15, 0.2) is 84.0 Å². The largest absolute Gasteiger partial charge is 0.332 e. The van der Waals surface area contributed by atoms with Crippen LogP contribution in [0.2, 0.25) is 0 Å². The lowest BCUT2D eigenvalue weighted by Gasteiger charge is -2.10. The summed E-state index contributed by atoms with van der Waals surface area (Å²) in [5, 5.41) is 3.76. The first kappa shape index (κ1) is 20.0. The van der Waals surface area contributed by atoms with Gasteiger partial charge in [-0.1, -0.05) is 90.6 Å². The van der Waals surface area contributed by atoms with E-state index in [1.54, 1.807) is 0 Å². The highest BCUT2D eigenvalue weighted by Crippen LogP contribution is 2.32. The summed E-state index contributed by atoms with van der Waals surface area (Å²) in [5.74, 6) is 0.236. The first-order chi connectivity index (χ1) is 14.6. The molecular formula is C25H23N3OS. The molecule has 4 nitrogen and oxygen atoms in total. The number of aryl methyl sites for hydroxylation is 2. The second-order valence-corrected chi connectivity index (χ2v) is 8.07. The van der Waals surface area contributed by atoms with Gasteiger partial charge in [-0.05, 0) is 25.0 Å². The van der Waals surface area contributed by atoms with Crippen LogP contribution < -0.4 is 5.32 Å². The van der Waals surface area contributed by atoms with E-state index in [2.05, 4.69) is 22.4 Å². The second kappa shape index (κ2) is 9.01. The quantitative estimate of drug-likeness (QED) is 0.376. The van der Waals surface area contributed by atoms with Gasteiger partial charge in [0.2, 0.25) is 5.91 Å². The molecule has 0 saturated heterocycles. The normalized spacial score (nSPS) is 10.7. The average Bonchev–Trinajstić information content (AvgIpc) is 3.21. The number of carbonyl (C=O) groups excluding carboxylic acids is 1. The predicted octanol–water partition coefficient (Wildman–Crippen LogP) is 6.09. The Morgan fingerprint density at radius 1 is 0.867 bits per heavy atom. The molecule has 0 aliphatic heterocycles. The van der Waals surface area contributed by atoms with Crippen molar-refractivity contribution in [2.45, 2.75) is 19.0 Å². The molecule has 150 valence electrons. The molecule has 0 saturated carbocycles. The molecule has 5 heteroatoms. The molecule has 1 aromatic heterocycles. The van der Waals surface area contributed by atoms with E-state index in [0.29, 0.717) is 0 Å². The zero-order valence-corrected chi connectivity index (χ0v) is 17.8. The van der Waals surface area contributed by atoms with Crippen LogP contribution >= 0.6 is 11.8 Å². The fraction of sp³-hybridized carbons (Fsp3) is 0.120. The summed E-state index contributed by atoms with van der Waals surface area (Å²) >= 11 is 1.41. The predicted molar refractivity (Wildman–Crippen MR) is 125 cm³/mol. The number of para-hydroxylation sites is 1. The number of aromatic nitrogens is 2. The molecule has 0 aliphatic rings. The van der Waals surface area contributed by atoms with Crippen LogP contribution in [0.25, 0.3) is 22.5 Å². The number of anilines is 1. The molecular weight excluding hydrogens is 390 g/mol. The molecule has 0 radical (unpaired) electrons. The van der Waals surface area contributed by atoms with Gasteiger partial charge in [-0.3, -0.25) is 4.79 Å². The Labute approximate surface area is 180 Å². The van der Waals surface area contributed by atoms with Gasteiger partial charge in [0.15, 0.2) is 5.16 Å². The van der Waals surface area contributed by atoms with Crippen molar-refractivity contribution in [3.05, 3.63) is 90.0 Å². The van der Waals surface area contributed by atoms with E-state index >= 15 is 0 Å². The minimum atomic E-state index is -0.0451. The smallest absolute Gasteiger partial charge is 0.234 e. The van der Waals surface area contributed by atoms with E-state index in [0.717, 1.165) is 44.5 Å². The number of carbonyl (C=O) groups is 1. The summed E-state index contributed by atoms with van der Waals surface area (Å²) in [6.07, 6.45) is 0. The summed E-state index contributed by atoms with van der Waals surface area (Å²) in [6.45, 7) is 4.00. The molecule has 2 N–H and O–H groups in total. The maximum atomic E-state index is 12.5. The number of imidazole rings is 1. The fourth-order valence-electron chi connectivity index (χ4n) is 3.36. The standard InChI is InChI=1S/C25H23N3OS/c1-17-10-9-11-18(2)22(17)26-21(29)16-30-25-27-23(19-12-5-3-6-13-19)24(28-25)20-14-7-4-8-15-20/h3-15H,16H2,1-2H3,(H,26,29)(H,27,28). The third kappa shape index (κ3) is 4.47. The van der Waals surface area contributed by atoms with Gasteiger partial charge in [0, 0.05) is 16.8 Å². The molecule has 4 rings (SSSR count). The first-order valence-corrected chi connectivity index (χ1v) is 10.8. The van der Waals surface area contributed by atoms with E-state index in [4.69, 9.17) is 4.98 Å². The molecule has 0 unspecified atom stereocenters. The van der Waals surface area contributed by atoms with Crippen molar-refractivity contribution in [1.29, 1.82) is 0 Å². The monoisotopic (exact) mass is 413 g/mol. The minimum Gasteiger partial charge on any atom is -0.332 e. The summed E-state index contributed by atoms with van der Waals surface area (Å²) in [6, 6.07) is 26.2. The number of amides is 1. The van der Waals surface area contributed by atoms with Crippen LogP contribution in [0.5, 0.6) is 0 Å². The van der Waals surface area contributed by atoms with Crippen LogP contribution in [-0.4, -0.2) is 21.6 Å². The van der Waals surface area contributed by atoms with Crippen molar-refractivity contribution in [2.24, 2.45) is 0 Å². The summed E-state index contributed by atoms with van der Waals surface area (Å²) < 4.78 is 0. The zero-order chi connectivity index (χ0) is 20.9. The van der Waals surface area contributed by atoms with Crippen LogP contribution in [-0.2, 0) is 4.79 Å². The highest BCUT2D eigenvalue weighted by Gasteiger charge is 2.15. The molecule has 0 bridgehead atoms. The molecule has 0 aliphatic carbocycles. The number of aromatic amines is 1. The Morgan fingerprint density at radius 3 is 2.10 bits per heavy atom. The Hall–Kier alpha value is -3.31. The molecule has 0 fully saturated rings. The zero-order valence-electron chi connectivity index (χ0n) is 17.0. The van der Waals surface area contributed by atoms with Crippen LogP contribution in [0.1, 0.15) is 11.1 Å². The molecule has 0 spiro atoms. The highest BCUT2D eigenvalue weighted by atomic mass is 32.2. The molecule has 1 amide bonds. The number of hydrogen-bond donors (Lipinski definition) is 2. The number of nitrogens with one attached hydrogen (secondary N) is 2. The third-order valence-electron chi connectivity index (χ3n) is 4.88. The number of H-pyrrole nitrogens is 1. The summed E-state index contributed by atoms with van der Waals surface area (Å²) in [7, 11) is 0. The van der Waals surface area contributed by atoms with Crippen LogP contribution in [0.4, 0.5) is 5.69 Å². The maximum Gasteiger partial charge on any atom is 0.234 e. The highest BCUT2D eigenvalue weighted by molar-refractivity contribution is 7.99. The molecule has 30 heavy (non-hydrogen) atoms. The van der Waals surface area contributed by atoms with Crippen LogP contribution in [0.3, 0.4) is 0 Å². The Bertz CT molecular complexity index is 1080. The molecule has 0 atom stereocenters. The third-order valence-corrected chi connectivity index (χ3v) is 5.75. The molecule has 4 aromatic rings. The van der Waals surface area contributed by atoms with E-state index in [-0.39, 0.29) is 11.7 Å². The van der Waals surface area contributed by atoms with Crippen molar-refractivity contribution < 1.29 is 4.79 Å². The topological polar surface area (TPSA) is 57.8 Å². The van der Waals surface area contributed by atoms with E-state index in [1.165, 1.54) is 11.8 Å². The van der Waals surface area contributed by atoms with Gasteiger partial charge in [-0.25, -0.2) is 4.98 Å². The van der Waals surface area contributed by atoms with Gasteiger partial charge in [-0.15, -0.1) is 0 Å². The lowest BCUT2D eigenvalue weighted by atomic mass is 10.1. The maximum absolute atomic E-state index is 12.5. The second-order valence-electron chi connectivity index (χ2n) is 7.10. The van der Waals surface area contributed by atoms with Crippen molar-refractivity contribution in [3.8, 4) is 22.5 Å². The SMILES string of the molecule is Cc1cccc(C)c1NC(=O)CSc1nc(-c2ccccc2)c(-c2ccccc2)[nH]1. The van der Waals surface area contributed by atoms with Gasteiger partial charge in [0.05, 0.1) is 17.1 Å². The lowest BCUT2D eigenvalue weighted by Crippen LogP contribution is -2.15. The van der Waals surface area contributed by atoms with E-state index < -0.39 is 0 Å². The number of nitrogens with zero attached hydrogens (tertiary/aromatic N) is 1. The van der Waals surface area contributed by atoms with E-state index in [9.17, 15) is 4.79 Å². The van der Waals surface area contributed by atoms with Gasteiger partial charge in [0.25, 0.3) is 0 Å². The number of benzene rings is 3. The average molecular weight is 414 g/mol. The van der Waals surface area contributed by atoms with Gasteiger partial charge in [0.1, 0.15) is 0 Å². The minimum absolute atomic E-state index is 0.0451. The number of rotatable bonds is 6. The summed E-state index contributed by atoms with van der Waals surface area (Å²) in [4.78, 5) is 20.8. The summed E-state index contributed by atoms with van der Waals surface area (Å²) in [5.41, 5.74) is 6.96. The van der Waals surface area contributed by atoms with Crippen molar-refractivity contribution >= 4 is 23.4 Å². The van der Waals surface area contributed by atoms with Crippen molar-refractivity contribution in [3.63, 3.8) is 0 Å². The molecule has 1 heterocycles. The molecule has 3 aromatic carbocycles. The van der Waals surface area contributed by atoms with E-state index in [1.807, 2.05) is 80.6 Å². The number of hydrogen-bond acceptors (Lipinski definition) is 3. The van der Waals surface area contributed by atoms with Gasteiger partial charge >= 0.3 is 0 Å². The van der Waals surface area contributed by atoms with Gasteiger partial charge < -0.3 is 10.3 Å². The van der Waals surface area contributed by atoms with Gasteiger partial charge in [-0.2, -0.15) is 0 Å². The van der Waals surface area contributed by atoms with Crippen molar-refractivity contribution in [2.75, 3.05) is 11.1 Å². The Kier molecular flexibility index (Phi) is 6.00. The number of thioether (sulfide) groups is 1. The lowest BCUT2D eigenvalue weighted by molar-refractivity contribution is -0.113. The first-order valence-electron chi connectivity index (χ1n) is 9.81. The Morgan fingerprint density at radius 2 is 1.47 bits per heavy atom. The van der Waals surface area contributed by atoms with Crippen LogP contribution in [0, 0.1) is 13.8 Å². The van der Waals surface area contributed by atoms with Crippen molar-refractivity contribution in [1.82, 2.24) is 9.97 Å². The fourth-order valence-corrected chi connectivity index (χ4v) is 4.03. The Balaban J connectivity index is 1.55.